The van der Waals surface area contributed by atoms with Crippen LogP contribution in [0.1, 0.15) is 31.2 Å². The summed E-state index contributed by atoms with van der Waals surface area (Å²) in [6.45, 7) is 1.43. The van der Waals surface area contributed by atoms with E-state index in [1.807, 2.05) is 23.1 Å². The van der Waals surface area contributed by atoms with E-state index < -0.39 is 0 Å². The smallest absolute Gasteiger partial charge is 0.250 e. The monoisotopic (exact) mass is 287 g/mol. The van der Waals surface area contributed by atoms with Crippen molar-refractivity contribution in [1.82, 2.24) is 4.90 Å². The Balaban J connectivity index is 1.75. The van der Waals surface area contributed by atoms with Crippen LogP contribution in [0.3, 0.4) is 0 Å². The van der Waals surface area contributed by atoms with E-state index in [-0.39, 0.29) is 5.91 Å². The van der Waals surface area contributed by atoms with Crippen molar-refractivity contribution in [2.24, 2.45) is 0 Å². The molecule has 0 bridgehead atoms. The Morgan fingerprint density at radius 2 is 1.86 bits per heavy atom. The Labute approximate surface area is 125 Å². The van der Waals surface area contributed by atoms with Crippen molar-refractivity contribution in [2.45, 2.75) is 32.2 Å². The van der Waals surface area contributed by atoms with Gasteiger partial charge in [-0.15, -0.1) is 0 Å². The Kier molecular flexibility index (Phi) is 3.86. The molecule has 0 spiro atoms. The maximum atomic E-state index is 12.4. The molecule has 0 N–H and O–H groups in total. The lowest BCUT2D eigenvalue weighted by Crippen LogP contribution is -2.26. The summed E-state index contributed by atoms with van der Waals surface area (Å²) >= 11 is 0. The zero-order valence-corrected chi connectivity index (χ0v) is 12.6. The molecule has 0 radical (unpaired) electrons. The Hall–Kier alpha value is -1.97. The predicted molar refractivity (Wildman–Crippen MR) is 80.5 cm³/mol. The molecule has 3 rings (SSSR count). The SMILES string of the molecule is COc1ccc(CN2CC3=C(CCCC3)C2=O)cc1OC. The topological polar surface area (TPSA) is 38.8 Å². The third-order valence-corrected chi connectivity index (χ3v) is 4.33. The lowest BCUT2D eigenvalue weighted by atomic mass is 9.94. The van der Waals surface area contributed by atoms with Crippen LogP contribution in [-0.2, 0) is 11.3 Å². The Morgan fingerprint density at radius 1 is 1.10 bits per heavy atom. The molecule has 1 aromatic rings. The van der Waals surface area contributed by atoms with Gasteiger partial charge in [-0.25, -0.2) is 0 Å². The number of nitrogens with zero attached hydrogens (tertiary/aromatic N) is 1. The van der Waals surface area contributed by atoms with E-state index in [0.717, 1.165) is 36.9 Å². The molecule has 4 heteroatoms. The highest BCUT2D eigenvalue weighted by Crippen LogP contribution is 2.33. The molecule has 0 aromatic heterocycles. The molecule has 0 fully saturated rings. The number of hydrogen-bond donors (Lipinski definition) is 0. The fourth-order valence-electron chi connectivity index (χ4n) is 3.22. The number of benzene rings is 1. The van der Waals surface area contributed by atoms with Gasteiger partial charge in [-0.1, -0.05) is 6.07 Å². The fourth-order valence-corrected chi connectivity index (χ4v) is 3.22. The highest BCUT2D eigenvalue weighted by molar-refractivity contribution is 5.97. The normalized spacial score (nSPS) is 18.0. The highest BCUT2D eigenvalue weighted by Gasteiger charge is 2.31. The van der Waals surface area contributed by atoms with Crippen LogP contribution in [0.4, 0.5) is 0 Å². The van der Waals surface area contributed by atoms with Gasteiger partial charge in [0.05, 0.1) is 14.2 Å². The van der Waals surface area contributed by atoms with Gasteiger partial charge < -0.3 is 14.4 Å². The molecule has 4 nitrogen and oxygen atoms in total. The molecule has 0 atom stereocenters. The molecular formula is C17H21NO3. The largest absolute Gasteiger partial charge is 0.493 e. The second-order valence-corrected chi connectivity index (χ2v) is 5.64. The van der Waals surface area contributed by atoms with Crippen molar-refractivity contribution >= 4 is 5.91 Å². The number of rotatable bonds is 4. The van der Waals surface area contributed by atoms with Gasteiger partial charge in [-0.2, -0.15) is 0 Å². The molecule has 21 heavy (non-hydrogen) atoms. The number of ether oxygens (including phenoxy) is 2. The summed E-state index contributed by atoms with van der Waals surface area (Å²) in [5.74, 6) is 1.64. The van der Waals surface area contributed by atoms with Crippen LogP contribution in [0.25, 0.3) is 0 Å². The number of amides is 1. The first-order valence-electron chi connectivity index (χ1n) is 7.44. The van der Waals surface area contributed by atoms with E-state index in [9.17, 15) is 4.79 Å². The maximum Gasteiger partial charge on any atom is 0.250 e. The number of hydrogen-bond acceptors (Lipinski definition) is 3. The quantitative estimate of drug-likeness (QED) is 0.854. The first kappa shape index (κ1) is 14.0. The van der Waals surface area contributed by atoms with Crippen molar-refractivity contribution in [3.05, 3.63) is 34.9 Å². The molecule has 112 valence electrons. The zero-order valence-electron chi connectivity index (χ0n) is 12.6. The van der Waals surface area contributed by atoms with Crippen molar-refractivity contribution < 1.29 is 14.3 Å². The minimum atomic E-state index is 0.222. The van der Waals surface area contributed by atoms with Gasteiger partial charge in [0, 0.05) is 18.7 Å². The van der Waals surface area contributed by atoms with Crippen LogP contribution in [-0.4, -0.2) is 31.6 Å². The third-order valence-electron chi connectivity index (χ3n) is 4.33. The highest BCUT2D eigenvalue weighted by atomic mass is 16.5. The molecular weight excluding hydrogens is 266 g/mol. The molecule has 0 saturated heterocycles. The minimum Gasteiger partial charge on any atom is -0.493 e. The van der Waals surface area contributed by atoms with E-state index in [2.05, 4.69) is 0 Å². The molecule has 1 heterocycles. The Morgan fingerprint density at radius 3 is 2.57 bits per heavy atom. The van der Waals surface area contributed by atoms with Gasteiger partial charge in [-0.05, 0) is 49.0 Å². The first-order chi connectivity index (χ1) is 10.2. The van der Waals surface area contributed by atoms with Crippen molar-refractivity contribution in [3.63, 3.8) is 0 Å². The molecule has 0 saturated carbocycles. The summed E-state index contributed by atoms with van der Waals surface area (Å²) in [7, 11) is 3.25. The van der Waals surface area contributed by atoms with Crippen LogP contribution in [0.15, 0.2) is 29.3 Å². The third kappa shape index (κ3) is 2.62. The minimum absolute atomic E-state index is 0.222. The second-order valence-electron chi connectivity index (χ2n) is 5.64. The number of methoxy groups -OCH3 is 2. The van der Waals surface area contributed by atoms with Gasteiger partial charge in [0.2, 0.25) is 5.91 Å². The van der Waals surface area contributed by atoms with E-state index in [0.29, 0.717) is 18.0 Å². The van der Waals surface area contributed by atoms with E-state index in [1.165, 1.54) is 12.0 Å². The molecule has 1 aliphatic carbocycles. The predicted octanol–water partition coefficient (Wildman–Crippen LogP) is 2.92. The number of carbonyl (C=O) groups is 1. The summed E-state index contributed by atoms with van der Waals surface area (Å²) in [6.07, 6.45) is 4.41. The standard InChI is InChI=1S/C17H21NO3/c1-20-15-8-7-12(9-16(15)21-2)10-18-11-13-5-3-4-6-14(13)17(18)19/h7-9H,3-6,10-11H2,1-2H3. The first-order valence-corrected chi connectivity index (χ1v) is 7.44. The summed E-state index contributed by atoms with van der Waals surface area (Å²) in [5.41, 5.74) is 3.49. The van der Waals surface area contributed by atoms with Gasteiger partial charge >= 0.3 is 0 Å². The van der Waals surface area contributed by atoms with Gasteiger partial charge in [0.25, 0.3) is 0 Å². The second kappa shape index (κ2) is 5.80. The summed E-state index contributed by atoms with van der Waals surface area (Å²) in [5, 5.41) is 0. The summed E-state index contributed by atoms with van der Waals surface area (Å²) in [4.78, 5) is 14.4. The average molecular weight is 287 g/mol. The lowest BCUT2D eigenvalue weighted by molar-refractivity contribution is -0.126. The maximum absolute atomic E-state index is 12.4. The fraction of sp³-hybridized carbons (Fsp3) is 0.471. The van der Waals surface area contributed by atoms with Crippen LogP contribution in [0.2, 0.25) is 0 Å². The van der Waals surface area contributed by atoms with Crippen LogP contribution >= 0.6 is 0 Å². The zero-order chi connectivity index (χ0) is 14.8. The molecule has 1 aliphatic heterocycles. The Bertz CT molecular complexity index is 592. The summed E-state index contributed by atoms with van der Waals surface area (Å²) < 4.78 is 10.6. The van der Waals surface area contributed by atoms with Crippen LogP contribution in [0.5, 0.6) is 11.5 Å². The van der Waals surface area contributed by atoms with Crippen molar-refractivity contribution in [3.8, 4) is 11.5 Å². The van der Waals surface area contributed by atoms with E-state index in [4.69, 9.17) is 9.47 Å². The molecule has 1 aromatic carbocycles. The van der Waals surface area contributed by atoms with E-state index >= 15 is 0 Å². The molecule has 2 aliphatic rings. The van der Waals surface area contributed by atoms with Crippen molar-refractivity contribution in [1.29, 1.82) is 0 Å². The summed E-state index contributed by atoms with van der Waals surface area (Å²) in [6, 6.07) is 5.83. The van der Waals surface area contributed by atoms with Crippen molar-refractivity contribution in [2.75, 3.05) is 20.8 Å². The molecule has 1 amide bonds. The van der Waals surface area contributed by atoms with Gasteiger partial charge in [0.15, 0.2) is 11.5 Å². The number of carbonyl (C=O) groups excluding carboxylic acids is 1. The van der Waals surface area contributed by atoms with E-state index in [1.54, 1.807) is 14.2 Å². The van der Waals surface area contributed by atoms with Gasteiger partial charge in [0.1, 0.15) is 0 Å². The van der Waals surface area contributed by atoms with Gasteiger partial charge in [-0.3, -0.25) is 4.79 Å². The molecule has 0 unspecified atom stereocenters. The van der Waals surface area contributed by atoms with Crippen LogP contribution in [0, 0.1) is 0 Å². The lowest BCUT2D eigenvalue weighted by Gasteiger charge is -2.18. The average Bonchev–Trinajstić information content (AvgIpc) is 2.84. The van der Waals surface area contributed by atoms with Crippen LogP contribution < -0.4 is 9.47 Å².